The molecule has 0 amide bonds. The van der Waals surface area contributed by atoms with Crippen LogP contribution >= 0.6 is 0 Å². The lowest BCUT2D eigenvalue weighted by Crippen LogP contribution is -2.42. The van der Waals surface area contributed by atoms with Crippen LogP contribution in [0.3, 0.4) is 0 Å². The molecular formula is C21H22N2O. The number of para-hydroxylation sites is 1. The van der Waals surface area contributed by atoms with E-state index in [0.29, 0.717) is 6.54 Å². The Labute approximate surface area is 142 Å². The number of aliphatic hydroxyl groups is 1. The molecule has 3 heteroatoms. The molecule has 1 N–H and O–H groups in total. The molecule has 4 rings (SSSR count). The molecular weight excluding hydrogens is 296 g/mol. The van der Waals surface area contributed by atoms with Crippen molar-refractivity contribution < 1.29 is 5.11 Å². The summed E-state index contributed by atoms with van der Waals surface area (Å²) in [6.45, 7) is 2.55. The molecule has 0 bridgehead atoms. The van der Waals surface area contributed by atoms with Crippen LogP contribution in [-0.2, 0) is 6.54 Å². The second-order valence-corrected chi connectivity index (χ2v) is 6.60. The number of hydrogen-bond donors (Lipinski definition) is 1. The number of rotatable bonds is 3. The van der Waals surface area contributed by atoms with Gasteiger partial charge >= 0.3 is 0 Å². The molecule has 1 aliphatic heterocycles. The van der Waals surface area contributed by atoms with Gasteiger partial charge in [0, 0.05) is 30.6 Å². The summed E-state index contributed by atoms with van der Waals surface area (Å²) in [5, 5.41) is 11.8. The zero-order valence-electron chi connectivity index (χ0n) is 13.7. The van der Waals surface area contributed by atoms with Gasteiger partial charge < -0.3 is 5.11 Å². The summed E-state index contributed by atoms with van der Waals surface area (Å²) in [4.78, 5) is 6.88. The molecule has 2 aromatic carbocycles. The van der Waals surface area contributed by atoms with E-state index in [4.69, 9.17) is 0 Å². The van der Waals surface area contributed by atoms with Gasteiger partial charge in [0.15, 0.2) is 0 Å². The highest BCUT2D eigenvalue weighted by atomic mass is 16.3. The number of nitrogens with zero attached hydrogens (tertiary/aromatic N) is 2. The standard InChI is InChI=1S/C21H22N2O/c24-20-15-23(13-11-19(20)16-6-2-1-3-7-16)14-18-9-4-8-17-10-5-12-22-21(17)18/h1-10,12,19-20,24H,11,13-15H2/t19-,20+/m0/s1. The molecule has 2 heterocycles. The summed E-state index contributed by atoms with van der Waals surface area (Å²) in [7, 11) is 0. The molecule has 24 heavy (non-hydrogen) atoms. The fourth-order valence-electron chi connectivity index (χ4n) is 3.77. The first-order valence-corrected chi connectivity index (χ1v) is 8.59. The molecule has 3 aromatic rings. The first-order chi connectivity index (χ1) is 11.8. The first-order valence-electron chi connectivity index (χ1n) is 8.59. The summed E-state index contributed by atoms with van der Waals surface area (Å²) in [5.74, 6) is 0.244. The Bertz CT molecular complexity index is 813. The molecule has 122 valence electrons. The predicted octanol–water partition coefficient (Wildman–Crippen LogP) is 3.59. The number of aliphatic hydroxyl groups excluding tert-OH is 1. The van der Waals surface area contributed by atoms with Crippen LogP contribution in [-0.4, -0.2) is 34.2 Å². The van der Waals surface area contributed by atoms with E-state index < -0.39 is 0 Å². The van der Waals surface area contributed by atoms with Crippen molar-refractivity contribution in [1.82, 2.24) is 9.88 Å². The lowest BCUT2D eigenvalue weighted by Gasteiger charge is -2.36. The molecule has 0 saturated carbocycles. The third-order valence-corrected chi connectivity index (χ3v) is 5.00. The van der Waals surface area contributed by atoms with E-state index in [-0.39, 0.29) is 12.0 Å². The number of β-amino-alcohol motifs (C(OH)–C–C–N with tert-alkyl or cyclic N) is 1. The van der Waals surface area contributed by atoms with E-state index in [0.717, 1.165) is 25.0 Å². The molecule has 1 aliphatic rings. The summed E-state index contributed by atoms with van der Waals surface area (Å²) in [5.41, 5.74) is 3.55. The number of fused-ring (bicyclic) bond motifs is 1. The topological polar surface area (TPSA) is 36.4 Å². The predicted molar refractivity (Wildman–Crippen MR) is 96.8 cm³/mol. The van der Waals surface area contributed by atoms with Crippen molar-refractivity contribution in [3.63, 3.8) is 0 Å². The first kappa shape index (κ1) is 15.3. The molecule has 1 aromatic heterocycles. The SMILES string of the molecule is O[C@@H]1CN(Cc2cccc3cccnc23)CC[C@H]1c1ccccc1. The number of pyridine rings is 1. The molecule has 0 spiro atoms. The number of hydrogen-bond acceptors (Lipinski definition) is 3. The van der Waals surface area contributed by atoms with Crippen LogP contribution in [0.5, 0.6) is 0 Å². The van der Waals surface area contributed by atoms with Crippen LogP contribution in [0.15, 0.2) is 66.9 Å². The zero-order valence-corrected chi connectivity index (χ0v) is 13.7. The summed E-state index contributed by atoms with van der Waals surface area (Å²) < 4.78 is 0. The molecule has 0 aliphatic carbocycles. The van der Waals surface area contributed by atoms with Crippen molar-refractivity contribution >= 4 is 10.9 Å². The Morgan fingerprint density at radius 1 is 1.00 bits per heavy atom. The second kappa shape index (κ2) is 6.71. The number of piperidine rings is 1. The average Bonchev–Trinajstić information content (AvgIpc) is 2.63. The smallest absolute Gasteiger partial charge is 0.0746 e. The lowest BCUT2D eigenvalue weighted by molar-refractivity contribution is 0.0478. The van der Waals surface area contributed by atoms with Crippen LogP contribution in [0.25, 0.3) is 10.9 Å². The van der Waals surface area contributed by atoms with Gasteiger partial charge in [0.2, 0.25) is 0 Å². The highest BCUT2D eigenvalue weighted by Crippen LogP contribution is 2.29. The van der Waals surface area contributed by atoms with E-state index in [1.165, 1.54) is 16.5 Å². The average molecular weight is 318 g/mol. The third kappa shape index (κ3) is 3.05. The minimum atomic E-state index is -0.316. The van der Waals surface area contributed by atoms with Crippen molar-refractivity contribution in [3.05, 3.63) is 78.0 Å². The van der Waals surface area contributed by atoms with Gasteiger partial charge in [-0.2, -0.15) is 0 Å². The van der Waals surface area contributed by atoms with Crippen LogP contribution in [0.2, 0.25) is 0 Å². The van der Waals surface area contributed by atoms with Gasteiger partial charge in [-0.05, 0) is 30.2 Å². The molecule has 3 nitrogen and oxygen atoms in total. The molecule has 1 fully saturated rings. The van der Waals surface area contributed by atoms with E-state index in [9.17, 15) is 5.11 Å². The Balaban J connectivity index is 1.49. The Hall–Kier alpha value is -2.23. The number of likely N-dealkylation sites (tertiary alicyclic amines) is 1. The van der Waals surface area contributed by atoms with Crippen molar-refractivity contribution in [1.29, 1.82) is 0 Å². The third-order valence-electron chi connectivity index (χ3n) is 5.00. The van der Waals surface area contributed by atoms with Gasteiger partial charge in [0.1, 0.15) is 0 Å². The Morgan fingerprint density at radius 2 is 1.83 bits per heavy atom. The van der Waals surface area contributed by atoms with E-state index in [1.54, 1.807) is 0 Å². The zero-order chi connectivity index (χ0) is 16.4. The maximum atomic E-state index is 10.6. The number of aromatic nitrogens is 1. The fraction of sp³-hybridized carbons (Fsp3) is 0.286. The van der Waals surface area contributed by atoms with Gasteiger partial charge in [-0.3, -0.25) is 9.88 Å². The maximum absolute atomic E-state index is 10.6. The highest BCUT2D eigenvalue weighted by molar-refractivity contribution is 5.81. The molecule has 1 saturated heterocycles. The van der Waals surface area contributed by atoms with E-state index >= 15 is 0 Å². The van der Waals surface area contributed by atoms with Crippen molar-refractivity contribution in [2.45, 2.75) is 25.0 Å². The minimum absolute atomic E-state index is 0.244. The van der Waals surface area contributed by atoms with Crippen LogP contribution in [0, 0.1) is 0 Å². The fourth-order valence-corrected chi connectivity index (χ4v) is 3.77. The van der Waals surface area contributed by atoms with E-state index in [2.05, 4.69) is 58.4 Å². The van der Waals surface area contributed by atoms with E-state index in [1.807, 2.05) is 18.3 Å². The normalized spacial score (nSPS) is 21.9. The van der Waals surface area contributed by atoms with Crippen molar-refractivity contribution in [3.8, 4) is 0 Å². The minimum Gasteiger partial charge on any atom is -0.391 e. The van der Waals surface area contributed by atoms with Gasteiger partial charge in [-0.15, -0.1) is 0 Å². The molecule has 0 radical (unpaired) electrons. The molecule has 2 atom stereocenters. The van der Waals surface area contributed by atoms with Gasteiger partial charge in [0.25, 0.3) is 0 Å². The van der Waals surface area contributed by atoms with Gasteiger partial charge in [-0.25, -0.2) is 0 Å². The maximum Gasteiger partial charge on any atom is 0.0746 e. The Kier molecular flexibility index (Phi) is 4.28. The van der Waals surface area contributed by atoms with Gasteiger partial charge in [-0.1, -0.05) is 54.6 Å². The van der Waals surface area contributed by atoms with Crippen LogP contribution < -0.4 is 0 Å². The lowest BCUT2D eigenvalue weighted by atomic mass is 9.87. The van der Waals surface area contributed by atoms with Crippen molar-refractivity contribution in [2.75, 3.05) is 13.1 Å². The monoisotopic (exact) mass is 318 g/mol. The molecule has 0 unspecified atom stereocenters. The summed E-state index contributed by atoms with van der Waals surface area (Å²) in [6, 6.07) is 20.8. The quantitative estimate of drug-likeness (QED) is 0.802. The summed E-state index contributed by atoms with van der Waals surface area (Å²) in [6.07, 6.45) is 2.52. The Morgan fingerprint density at radius 3 is 2.67 bits per heavy atom. The highest BCUT2D eigenvalue weighted by Gasteiger charge is 2.28. The van der Waals surface area contributed by atoms with Crippen LogP contribution in [0.1, 0.15) is 23.5 Å². The second-order valence-electron chi connectivity index (χ2n) is 6.60. The summed E-state index contributed by atoms with van der Waals surface area (Å²) >= 11 is 0. The van der Waals surface area contributed by atoms with Crippen molar-refractivity contribution in [2.24, 2.45) is 0 Å². The number of benzene rings is 2. The largest absolute Gasteiger partial charge is 0.391 e. The van der Waals surface area contributed by atoms with Crippen LogP contribution in [0.4, 0.5) is 0 Å². The van der Waals surface area contributed by atoms with Gasteiger partial charge in [0.05, 0.1) is 11.6 Å².